The largest absolute Gasteiger partial charge is 0.393 e. The Morgan fingerprint density at radius 1 is 1.54 bits per heavy atom. The van der Waals surface area contributed by atoms with E-state index >= 15 is 0 Å². The van der Waals surface area contributed by atoms with E-state index in [1.165, 1.54) is 0 Å². The first kappa shape index (κ1) is 8.78. The van der Waals surface area contributed by atoms with Crippen molar-refractivity contribution in [3.8, 4) is 0 Å². The normalized spacial score (nSPS) is 26.6. The Balaban J connectivity index is 1.98. The van der Waals surface area contributed by atoms with Gasteiger partial charge in [0.2, 0.25) is 0 Å². The summed E-state index contributed by atoms with van der Waals surface area (Å²) in [5, 5.41) is 12.9. The van der Waals surface area contributed by atoms with Crippen molar-refractivity contribution < 1.29 is 5.11 Å². The van der Waals surface area contributed by atoms with Gasteiger partial charge in [-0.2, -0.15) is 0 Å². The van der Waals surface area contributed by atoms with E-state index in [9.17, 15) is 0 Å². The Hall–Kier alpha value is -0.800. The number of hydrogen-bond acceptors (Lipinski definition) is 3. The number of rotatable bonds is 2. The lowest BCUT2D eigenvalue weighted by Gasteiger charge is -2.32. The van der Waals surface area contributed by atoms with E-state index in [0.29, 0.717) is 16.9 Å². The number of aliphatic hydroxyl groups is 1. The van der Waals surface area contributed by atoms with Gasteiger partial charge in [-0.1, -0.05) is 11.6 Å². The lowest BCUT2D eigenvalue weighted by Crippen LogP contribution is -2.39. The zero-order valence-corrected chi connectivity index (χ0v) is 7.83. The van der Waals surface area contributed by atoms with Crippen LogP contribution in [0.3, 0.4) is 0 Å². The molecule has 0 amide bonds. The van der Waals surface area contributed by atoms with Gasteiger partial charge in [-0.3, -0.25) is 0 Å². The summed E-state index contributed by atoms with van der Waals surface area (Å²) in [4.78, 5) is 4.10. The predicted molar refractivity (Wildman–Crippen MR) is 51.9 cm³/mol. The Morgan fingerprint density at radius 3 is 2.92 bits per heavy atom. The summed E-state index contributed by atoms with van der Waals surface area (Å²) in [6.07, 6.45) is 3.11. The molecule has 1 saturated carbocycles. The molecule has 2 N–H and O–H groups in total. The van der Waals surface area contributed by atoms with Gasteiger partial charge < -0.3 is 10.4 Å². The maximum absolute atomic E-state index is 9.07. The molecule has 2 rings (SSSR count). The van der Waals surface area contributed by atoms with Crippen LogP contribution >= 0.6 is 11.6 Å². The number of nitrogens with one attached hydrogen (secondary N) is 1. The summed E-state index contributed by atoms with van der Waals surface area (Å²) >= 11 is 5.90. The third-order valence-electron chi connectivity index (χ3n) is 2.21. The molecule has 0 saturated heterocycles. The Bertz CT molecular complexity index is 299. The van der Waals surface area contributed by atoms with E-state index in [1.807, 2.05) is 0 Å². The number of halogens is 1. The van der Waals surface area contributed by atoms with Gasteiger partial charge in [0.25, 0.3) is 0 Å². The molecule has 0 unspecified atom stereocenters. The number of hydrogen-bond donors (Lipinski definition) is 2. The average Bonchev–Trinajstić information content (AvgIpc) is 2.06. The molecule has 0 aromatic carbocycles. The third kappa shape index (κ3) is 1.92. The summed E-state index contributed by atoms with van der Waals surface area (Å²) in [5.74, 6) is 0.709. The van der Waals surface area contributed by atoms with Crippen molar-refractivity contribution in [3.63, 3.8) is 0 Å². The van der Waals surface area contributed by atoms with E-state index in [2.05, 4.69) is 10.3 Å². The second-order valence-electron chi connectivity index (χ2n) is 3.30. The van der Waals surface area contributed by atoms with Crippen LogP contribution in [-0.4, -0.2) is 22.2 Å². The fraction of sp³-hybridized carbons (Fsp3) is 0.444. The minimum atomic E-state index is -0.153. The molecule has 4 heteroatoms. The highest BCUT2D eigenvalue weighted by molar-refractivity contribution is 6.32. The maximum atomic E-state index is 9.07. The number of nitrogens with zero attached hydrogens (tertiary/aromatic N) is 1. The average molecular weight is 199 g/mol. The van der Waals surface area contributed by atoms with Crippen molar-refractivity contribution >= 4 is 17.4 Å². The predicted octanol–water partition coefficient (Wildman–Crippen LogP) is 1.67. The molecular formula is C9H11ClN2O. The van der Waals surface area contributed by atoms with Gasteiger partial charge in [-0.15, -0.1) is 0 Å². The van der Waals surface area contributed by atoms with Crippen molar-refractivity contribution in [2.24, 2.45) is 0 Å². The van der Waals surface area contributed by atoms with Crippen molar-refractivity contribution in [3.05, 3.63) is 23.4 Å². The van der Waals surface area contributed by atoms with Crippen LogP contribution in [0.25, 0.3) is 0 Å². The Labute approximate surface area is 81.8 Å². The summed E-state index contributed by atoms with van der Waals surface area (Å²) < 4.78 is 0. The molecule has 0 aliphatic heterocycles. The van der Waals surface area contributed by atoms with Gasteiger partial charge in [-0.05, 0) is 25.0 Å². The summed E-state index contributed by atoms with van der Waals surface area (Å²) in [5.41, 5.74) is 0. The van der Waals surface area contributed by atoms with E-state index in [-0.39, 0.29) is 6.10 Å². The fourth-order valence-corrected chi connectivity index (χ4v) is 1.57. The molecular weight excluding hydrogens is 188 g/mol. The van der Waals surface area contributed by atoms with Gasteiger partial charge in [0, 0.05) is 12.2 Å². The molecule has 1 aromatic rings. The highest BCUT2D eigenvalue weighted by Crippen LogP contribution is 2.26. The molecule has 0 atom stereocenters. The lowest BCUT2D eigenvalue weighted by atomic mass is 9.89. The fourth-order valence-electron chi connectivity index (χ4n) is 1.39. The molecule has 1 aromatic heterocycles. The van der Waals surface area contributed by atoms with Crippen LogP contribution in [0.2, 0.25) is 5.02 Å². The summed E-state index contributed by atoms with van der Waals surface area (Å²) in [6.45, 7) is 0. The monoisotopic (exact) mass is 198 g/mol. The Morgan fingerprint density at radius 2 is 2.31 bits per heavy atom. The minimum absolute atomic E-state index is 0.153. The molecule has 0 radical (unpaired) electrons. The van der Waals surface area contributed by atoms with E-state index in [1.54, 1.807) is 18.3 Å². The van der Waals surface area contributed by atoms with Gasteiger partial charge >= 0.3 is 0 Å². The van der Waals surface area contributed by atoms with Crippen LogP contribution in [0.4, 0.5) is 5.82 Å². The minimum Gasteiger partial charge on any atom is -0.393 e. The third-order valence-corrected chi connectivity index (χ3v) is 2.52. The van der Waals surface area contributed by atoms with Crippen LogP contribution in [0.5, 0.6) is 0 Å². The molecule has 1 heterocycles. The number of aromatic nitrogens is 1. The first-order valence-electron chi connectivity index (χ1n) is 4.31. The van der Waals surface area contributed by atoms with Crippen molar-refractivity contribution in [1.82, 2.24) is 4.98 Å². The Kier molecular flexibility index (Phi) is 2.38. The molecule has 1 aliphatic carbocycles. The second-order valence-corrected chi connectivity index (χ2v) is 3.71. The van der Waals surface area contributed by atoms with Crippen LogP contribution in [0.1, 0.15) is 12.8 Å². The first-order chi connectivity index (χ1) is 6.25. The standard InChI is InChI=1S/C9H11ClN2O/c10-8-2-1-3-11-9(8)12-6-4-7(13)5-6/h1-3,6-7,13H,4-5H2,(H,11,12). The van der Waals surface area contributed by atoms with Crippen molar-refractivity contribution in [1.29, 1.82) is 0 Å². The molecule has 70 valence electrons. The number of pyridine rings is 1. The number of aliphatic hydroxyl groups excluding tert-OH is 1. The van der Waals surface area contributed by atoms with Crippen molar-refractivity contribution in [2.75, 3.05) is 5.32 Å². The van der Waals surface area contributed by atoms with Crippen molar-refractivity contribution in [2.45, 2.75) is 25.0 Å². The van der Waals surface area contributed by atoms with Crippen LogP contribution in [-0.2, 0) is 0 Å². The highest BCUT2D eigenvalue weighted by atomic mass is 35.5. The zero-order valence-electron chi connectivity index (χ0n) is 7.07. The quantitative estimate of drug-likeness (QED) is 0.760. The molecule has 1 fully saturated rings. The van der Waals surface area contributed by atoms with Gasteiger partial charge in [0.15, 0.2) is 0 Å². The van der Waals surface area contributed by atoms with E-state index in [4.69, 9.17) is 16.7 Å². The van der Waals surface area contributed by atoms with Crippen LogP contribution in [0, 0.1) is 0 Å². The first-order valence-corrected chi connectivity index (χ1v) is 4.68. The highest BCUT2D eigenvalue weighted by Gasteiger charge is 2.27. The summed E-state index contributed by atoms with van der Waals surface area (Å²) in [6, 6.07) is 3.91. The summed E-state index contributed by atoms with van der Waals surface area (Å²) in [7, 11) is 0. The molecule has 0 bridgehead atoms. The lowest BCUT2D eigenvalue weighted by molar-refractivity contribution is 0.0835. The molecule has 1 aliphatic rings. The van der Waals surface area contributed by atoms with Gasteiger partial charge in [-0.25, -0.2) is 4.98 Å². The van der Waals surface area contributed by atoms with Crippen LogP contribution < -0.4 is 5.32 Å². The molecule has 0 spiro atoms. The van der Waals surface area contributed by atoms with E-state index < -0.39 is 0 Å². The zero-order chi connectivity index (χ0) is 9.26. The van der Waals surface area contributed by atoms with Crippen LogP contribution in [0.15, 0.2) is 18.3 Å². The van der Waals surface area contributed by atoms with E-state index in [0.717, 1.165) is 12.8 Å². The van der Waals surface area contributed by atoms with Gasteiger partial charge in [0.05, 0.1) is 11.1 Å². The maximum Gasteiger partial charge on any atom is 0.144 e. The SMILES string of the molecule is OC1CC(Nc2ncccc2Cl)C1. The second kappa shape index (κ2) is 3.52. The van der Waals surface area contributed by atoms with Gasteiger partial charge in [0.1, 0.15) is 5.82 Å². The molecule has 13 heavy (non-hydrogen) atoms. The topological polar surface area (TPSA) is 45.1 Å². The smallest absolute Gasteiger partial charge is 0.144 e. The number of anilines is 1. The molecule has 3 nitrogen and oxygen atoms in total.